The van der Waals surface area contributed by atoms with Gasteiger partial charge in [-0.3, -0.25) is 0 Å². The predicted octanol–water partition coefficient (Wildman–Crippen LogP) is 8.23. The van der Waals surface area contributed by atoms with Crippen LogP contribution in [0.3, 0.4) is 0 Å². The van der Waals surface area contributed by atoms with Crippen molar-refractivity contribution >= 4 is 24.0 Å². The second kappa shape index (κ2) is 7.64. The summed E-state index contributed by atoms with van der Waals surface area (Å²) in [4.78, 5) is 0.437. The zero-order valence-corrected chi connectivity index (χ0v) is 21.0. The summed E-state index contributed by atoms with van der Waals surface area (Å²) in [6, 6.07) is 0. The molecule has 28 heavy (non-hydrogen) atoms. The molecule has 5 rings (SSSR count). The molecule has 0 bridgehead atoms. The van der Waals surface area contributed by atoms with Crippen molar-refractivity contribution in [3.05, 3.63) is 0 Å². The zero-order valence-electron chi connectivity index (χ0n) is 18.4. The van der Waals surface area contributed by atoms with Gasteiger partial charge in [0, 0.05) is 4.83 Å². The van der Waals surface area contributed by atoms with Crippen molar-refractivity contribution in [2.45, 2.75) is 113 Å². The van der Waals surface area contributed by atoms with Crippen molar-refractivity contribution in [1.82, 2.24) is 0 Å². The van der Waals surface area contributed by atoms with Gasteiger partial charge in [-0.05, 0) is 84.6 Å². The Kier molecular flexibility index (Phi) is 5.60. The standard InChI is InChI=1S/C25H42BrFSi/c1-15-12-21-22(13-16(27)14-23(21)26)24(15)28(2,3)25-19-10-6-4-8-17(19)18-9-5-7-11-20(18)25/h15-25H,4-14H2,1-3H3. The summed E-state index contributed by atoms with van der Waals surface area (Å²) in [5.74, 6) is 6.46. The Bertz CT molecular complexity index is 557. The van der Waals surface area contributed by atoms with Crippen molar-refractivity contribution in [2.24, 2.45) is 41.4 Å². The lowest BCUT2D eigenvalue weighted by atomic mass is 9.73. The van der Waals surface area contributed by atoms with Crippen molar-refractivity contribution in [3.8, 4) is 0 Å². The molecule has 0 spiro atoms. The van der Waals surface area contributed by atoms with Gasteiger partial charge in [0.1, 0.15) is 6.17 Å². The molecule has 3 heteroatoms. The number of alkyl halides is 2. The minimum absolute atomic E-state index is 0.437. The molecule has 5 fully saturated rings. The van der Waals surface area contributed by atoms with Crippen LogP contribution in [-0.2, 0) is 0 Å². The first-order valence-electron chi connectivity index (χ1n) is 12.7. The number of rotatable bonds is 2. The average Bonchev–Trinajstić information content (AvgIpc) is 3.17. The molecule has 10 unspecified atom stereocenters. The Morgan fingerprint density at radius 2 is 1.21 bits per heavy atom. The van der Waals surface area contributed by atoms with Gasteiger partial charge >= 0.3 is 0 Å². The van der Waals surface area contributed by atoms with E-state index in [1.54, 1.807) is 0 Å². The van der Waals surface area contributed by atoms with E-state index in [1.807, 2.05) is 0 Å². The van der Waals surface area contributed by atoms with Gasteiger partial charge in [-0.1, -0.05) is 74.5 Å². The van der Waals surface area contributed by atoms with Crippen LogP contribution in [0.25, 0.3) is 0 Å². The largest absolute Gasteiger partial charge is 0.247 e. The fraction of sp³-hybridized carbons (Fsp3) is 1.00. The summed E-state index contributed by atoms with van der Waals surface area (Å²) in [6.45, 7) is 8.13. The maximum atomic E-state index is 14.7. The molecule has 0 N–H and O–H groups in total. The molecule has 160 valence electrons. The molecular weight excluding hydrogens is 427 g/mol. The summed E-state index contributed by atoms with van der Waals surface area (Å²) in [7, 11) is -1.47. The fourth-order valence-corrected chi connectivity index (χ4v) is 17.8. The third-order valence-electron chi connectivity index (χ3n) is 10.7. The minimum atomic E-state index is -1.47. The lowest BCUT2D eigenvalue weighted by Crippen LogP contribution is -2.48. The molecule has 5 saturated carbocycles. The van der Waals surface area contributed by atoms with Crippen LogP contribution in [0.2, 0.25) is 24.2 Å². The molecule has 0 aromatic carbocycles. The molecule has 0 aromatic heterocycles. The number of hydrogen-bond donors (Lipinski definition) is 0. The molecule has 0 aromatic rings. The van der Waals surface area contributed by atoms with Crippen molar-refractivity contribution < 1.29 is 4.39 Å². The first kappa shape index (κ1) is 20.5. The highest BCUT2D eigenvalue weighted by Crippen LogP contribution is 2.68. The SMILES string of the molecule is CC1CC2C(Br)CC(F)CC2C1[Si](C)(C)C1C2CCCCC2C2CCCCC21. The fourth-order valence-electron chi connectivity index (χ4n) is 10.2. The summed E-state index contributed by atoms with van der Waals surface area (Å²) in [6.07, 6.45) is 14.6. The van der Waals surface area contributed by atoms with Gasteiger partial charge in [0.15, 0.2) is 0 Å². The molecule has 0 amide bonds. The average molecular weight is 470 g/mol. The van der Waals surface area contributed by atoms with Gasteiger partial charge in [0.05, 0.1) is 8.07 Å². The predicted molar refractivity (Wildman–Crippen MR) is 123 cm³/mol. The first-order chi connectivity index (χ1) is 13.4. The van der Waals surface area contributed by atoms with Crippen molar-refractivity contribution in [1.29, 1.82) is 0 Å². The number of halogens is 2. The molecule has 5 aliphatic rings. The van der Waals surface area contributed by atoms with Crippen molar-refractivity contribution in [2.75, 3.05) is 0 Å². The van der Waals surface area contributed by atoms with E-state index < -0.39 is 14.2 Å². The molecule has 0 nitrogen and oxygen atoms in total. The van der Waals surface area contributed by atoms with E-state index in [2.05, 4.69) is 35.9 Å². The van der Waals surface area contributed by atoms with Gasteiger partial charge < -0.3 is 0 Å². The highest BCUT2D eigenvalue weighted by atomic mass is 79.9. The zero-order chi connectivity index (χ0) is 19.6. The third kappa shape index (κ3) is 3.14. The second-order valence-corrected chi connectivity index (χ2v) is 18.4. The Labute approximate surface area is 182 Å². The van der Waals surface area contributed by atoms with E-state index in [-0.39, 0.29) is 0 Å². The van der Waals surface area contributed by atoms with E-state index in [4.69, 9.17) is 0 Å². The Balaban J connectivity index is 1.48. The summed E-state index contributed by atoms with van der Waals surface area (Å²) in [5, 5.41) is 0. The Morgan fingerprint density at radius 1 is 0.679 bits per heavy atom. The highest BCUT2D eigenvalue weighted by molar-refractivity contribution is 9.09. The Morgan fingerprint density at radius 3 is 1.79 bits per heavy atom. The van der Waals surface area contributed by atoms with Gasteiger partial charge in [-0.2, -0.15) is 0 Å². The van der Waals surface area contributed by atoms with Crippen LogP contribution in [0.15, 0.2) is 0 Å². The van der Waals surface area contributed by atoms with Gasteiger partial charge in [-0.15, -0.1) is 0 Å². The molecule has 10 atom stereocenters. The van der Waals surface area contributed by atoms with Crippen molar-refractivity contribution in [3.63, 3.8) is 0 Å². The maximum absolute atomic E-state index is 14.7. The number of fused-ring (bicyclic) bond motifs is 4. The van der Waals surface area contributed by atoms with Gasteiger partial charge in [0.25, 0.3) is 0 Å². The minimum Gasteiger partial charge on any atom is -0.247 e. The van der Waals surface area contributed by atoms with Crippen LogP contribution in [0.1, 0.15) is 77.6 Å². The smallest absolute Gasteiger partial charge is 0.101 e. The summed E-state index contributed by atoms with van der Waals surface area (Å²) in [5.41, 5.74) is 1.91. The van der Waals surface area contributed by atoms with Crippen LogP contribution in [0.5, 0.6) is 0 Å². The van der Waals surface area contributed by atoms with Gasteiger partial charge in [-0.25, -0.2) is 4.39 Å². The molecular formula is C25H42BrFSi. The normalized spacial score (nSPS) is 54.1. The van der Waals surface area contributed by atoms with E-state index in [9.17, 15) is 4.39 Å². The summed E-state index contributed by atoms with van der Waals surface area (Å²) < 4.78 is 14.7. The number of hydrogen-bond acceptors (Lipinski definition) is 0. The topological polar surface area (TPSA) is 0 Å². The van der Waals surface area contributed by atoms with Crippen LogP contribution in [-0.4, -0.2) is 19.1 Å². The summed E-state index contributed by atoms with van der Waals surface area (Å²) >= 11 is 3.93. The van der Waals surface area contributed by atoms with E-state index in [1.165, 1.54) is 57.8 Å². The Hall–Kier alpha value is 0.627. The van der Waals surface area contributed by atoms with E-state index in [0.717, 1.165) is 59.4 Å². The van der Waals surface area contributed by atoms with E-state index in [0.29, 0.717) is 10.7 Å². The third-order valence-corrected chi connectivity index (χ3v) is 17.0. The van der Waals surface area contributed by atoms with Crippen LogP contribution >= 0.6 is 15.9 Å². The monoisotopic (exact) mass is 468 g/mol. The second-order valence-electron chi connectivity index (χ2n) is 12.2. The molecule has 0 radical (unpaired) electrons. The molecule has 5 aliphatic carbocycles. The van der Waals surface area contributed by atoms with Crippen LogP contribution in [0, 0.1) is 41.4 Å². The van der Waals surface area contributed by atoms with Crippen LogP contribution < -0.4 is 0 Å². The maximum Gasteiger partial charge on any atom is 0.101 e. The molecule has 0 heterocycles. The lowest BCUT2D eigenvalue weighted by Gasteiger charge is -2.49. The highest BCUT2D eigenvalue weighted by Gasteiger charge is 2.61. The quantitative estimate of drug-likeness (QED) is 0.282. The first-order valence-corrected chi connectivity index (χ1v) is 16.7. The van der Waals surface area contributed by atoms with Crippen LogP contribution in [0.4, 0.5) is 4.39 Å². The van der Waals surface area contributed by atoms with Gasteiger partial charge in [0.2, 0.25) is 0 Å². The molecule has 0 aliphatic heterocycles. The van der Waals surface area contributed by atoms with E-state index >= 15 is 0 Å². The lowest BCUT2D eigenvalue weighted by molar-refractivity contribution is 0.167. The molecule has 0 saturated heterocycles.